The van der Waals surface area contributed by atoms with E-state index in [4.69, 9.17) is 26.7 Å². The molecular formula is C27H34N2O3S3. The van der Waals surface area contributed by atoms with Crippen LogP contribution in [0.5, 0.6) is 5.75 Å². The Morgan fingerprint density at radius 3 is 2.63 bits per heavy atom. The van der Waals surface area contributed by atoms with Gasteiger partial charge in [-0.15, -0.1) is 0 Å². The van der Waals surface area contributed by atoms with Gasteiger partial charge in [-0.1, -0.05) is 85.3 Å². The van der Waals surface area contributed by atoms with Crippen molar-refractivity contribution in [1.29, 1.82) is 0 Å². The molecule has 0 amide bonds. The van der Waals surface area contributed by atoms with Crippen LogP contribution in [0.3, 0.4) is 0 Å². The average Bonchev–Trinajstić information content (AvgIpc) is 2.83. The number of ether oxygens (including phenoxy) is 2. The van der Waals surface area contributed by atoms with Gasteiger partial charge in [0.25, 0.3) is 0 Å². The number of fused-ring (bicyclic) bond motifs is 1. The summed E-state index contributed by atoms with van der Waals surface area (Å²) in [7, 11) is 0. The van der Waals surface area contributed by atoms with E-state index in [-0.39, 0.29) is 6.61 Å². The van der Waals surface area contributed by atoms with Gasteiger partial charge in [-0.05, 0) is 56.7 Å². The number of thiocarbonyl (C=S) groups is 1. The van der Waals surface area contributed by atoms with Crippen LogP contribution in [0.4, 0.5) is 5.69 Å². The lowest BCUT2D eigenvalue weighted by molar-refractivity contribution is -0.157. The minimum absolute atomic E-state index is 0.170. The molecule has 0 bridgehead atoms. The molecule has 0 atom stereocenters. The lowest BCUT2D eigenvalue weighted by Crippen LogP contribution is -2.48. The van der Waals surface area contributed by atoms with Gasteiger partial charge in [0.15, 0.2) is 11.8 Å². The van der Waals surface area contributed by atoms with E-state index in [1.807, 2.05) is 57.4 Å². The topological polar surface area (TPSA) is 51.1 Å². The van der Waals surface area contributed by atoms with Crippen LogP contribution in [0.25, 0.3) is 10.8 Å². The van der Waals surface area contributed by atoms with Gasteiger partial charge in [-0.2, -0.15) is 0 Å². The SMILES string of the molecule is CSC(=S)N1CC2(CCCCC2)CS/C1=N/c1c(OCC(=O)OC(C)(C)C)ccc2ccccc12. The van der Waals surface area contributed by atoms with Crippen LogP contribution in [0, 0.1) is 5.41 Å². The summed E-state index contributed by atoms with van der Waals surface area (Å²) >= 11 is 9.17. The van der Waals surface area contributed by atoms with Crippen LogP contribution in [0.2, 0.25) is 0 Å². The van der Waals surface area contributed by atoms with Crippen molar-refractivity contribution in [3.05, 3.63) is 36.4 Å². The molecule has 2 aromatic carbocycles. The summed E-state index contributed by atoms with van der Waals surface area (Å²) in [6.45, 7) is 6.29. The molecule has 2 aromatic rings. The van der Waals surface area contributed by atoms with Crippen molar-refractivity contribution in [2.75, 3.05) is 25.2 Å². The number of amidine groups is 1. The highest BCUT2D eigenvalue weighted by molar-refractivity contribution is 8.23. The number of thioether (sulfide) groups is 2. The molecule has 1 saturated heterocycles. The Morgan fingerprint density at radius 1 is 1.17 bits per heavy atom. The highest BCUT2D eigenvalue weighted by Gasteiger charge is 2.40. The number of carbonyl (C=O) groups is 1. The zero-order valence-electron chi connectivity index (χ0n) is 21.0. The van der Waals surface area contributed by atoms with Crippen molar-refractivity contribution >= 4 is 67.7 Å². The predicted octanol–water partition coefficient (Wildman–Crippen LogP) is 7.20. The molecule has 188 valence electrons. The molecule has 8 heteroatoms. The van der Waals surface area contributed by atoms with E-state index in [2.05, 4.69) is 11.0 Å². The maximum Gasteiger partial charge on any atom is 0.344 e. The first-order valence-corrected chi connectivity index (χ1v) is 14.7. The monoisotopic (exact) mass is 530 g/mol. The van der Waals surface area contributed by atoms with Gasteiger partial charge in [0.1, 0.15) is 21.4 Å². The maximum absolute atomic E-state index is 12.3. The fraction of sp³-hybridized carbons (Fsp3) is 0.519. The summed E-state index contributed by atoms with van der Waals surface area (Å²) in [5.74, 6) is 1.22. The van der Waals surface area contributed by atoms with Gasteiger partial charge < -0.3 is 14.4 Å². The van der Waals surface area contributed by atoms with E-state index < -0.39 is 11.6 Å². The molecule has 0 radical (unpaired) electrons. The van der Waals surface area contributed by atoms with Crippen molar-refractivity contribution in [1.82, 2.24) is 4.90 Å². The first-order valence-electron chi connectivity index (χ1n) is 12.1. The van der Waals surface area contributed by atoms with Crippen LogP contribution < -0.4 is 4.74 Å². The molecule has 1 aliphatic carbocycles. The van der Waals surface area contributed by atoms with Crippen molar-refractivity contribution in [3.8, 4) is 5.75 Å². The number of aliphatic imine (C=N–C) groups is 1. The van der Waals surface area contributed by atoms with E-state index >= 15 is 0 Å². The average molecular weight is 531 g/mol. The highest BCUT2D eigenvalue weighted by Crippen LogP contribution is 2.45. The normalized spacial score (nSPS) is 19.2. The molecule has 5 nitrogen and oxygen atoms in total. The third-order valence-electron chi connectivity index (χ3n) is 6.38. The Labute approximate surface area is 222 Å². The van der Waals surface area contributed by atoms with E-state index in [1.165, 1.54) is 32.1 Å². The third-order valence-corrected chi connectivity index (χ3v) is 8.99. The lowest BCUT2D eigenvalue weighted by Gasteiger charge is -2.45. The van der Waals surface area contributed by atoms with Crippen molar-refractivity contribution in [2.24, 2.45) is 10.4 Å². The molecule has 1 aliphatic heterocycles. The number of esters is 1. The standard InChI is InChI=1S/C27H34N2O3S3/c1-26(2,3)32-22(30)16-31-21-13-12-19-10-6-7-11-20(19)23(21)28-24-29(25(33)34-4)17-27(18-35-24)14-8-5-9-15-27/h6-7,10-13H,5,8-9,14-18H2,1-4H3/b28-24+. The molecule has 2 fully saturated rings. The summed E-state index contributed by atoms with van der Waals surface area (Å²) in [6, 6.07) is 12.0. The molecule has 1 saturated carbocycles. The van der Waals surface area contributed by atoms with Crippen molar-refractivity contribution in [2.45, 2.75) is 58.5 Å². The number of hydrogen-bond acceptors (Lipinski definition) is 7. The van der Waals surface area contributed by atoms with Gasteiger partial charge >= 0.3 is 5.97 Å². The summed E-state index contributed by atoms with van der Waals surface area (Å²) in [5.41, 5.74) is 0.466. The minimum Gasteiger partial charge on any atom is -0.480 e. The Hall–Kier alpha value is -1.77. The van der Waals surface area contributed by atoms with E-state index in [9.17, 15) is 4.79 Å². The quantitative estimate of drug-likeness (QED) is 0.306. The Morgan fingerprint density at radius 2 is 1.91 bits per heavy atom. The maximum atomic E-state index is 12.3. The van der Waals surface area contributed by atoms with Gasteiger partial charge in [0.2, 0.25) is 0 Å². The van der Waals surface area contributed by atoms with Gasteiger partial charge in [0, 0.05) is 17.7 Å². The molecular weight excluding hydrogens is 497 g/mol. The van der Waals surface area contributed by atoms with E-state index in [1.54, 1.807) is 23.5 Å². The summed E-state index contributed by atoms with van der Waals surface area (Å²) in [6.07, 6.45) is 8.44. The molecule has 1 heterocycles. The zero-order chi connectivity index (χ0) is 25.1. The number of hydrogen-bond donors (Lipinski definition) is 0. The Balaban J connectivity index is 1.68. The molecule has 1 spiro atoms. The lowest BCUT2D eigenvalue weighted by atomic mass is 9.75. The van der Waals surface area contributed by atoms with E-state index in [0.29, 0.717) is 11.2 Å². The van der Waals surface area contributed by atoms with Crippen LogP contribution in [0.1, 0.15) is 52.9 Å². The smallest absolute Gasteiger partial charge is 0.344 e. The second-order valence-corrected chi connectivity index (χ2v) is 12.7. The number of rotatable bonds is 4. The molecule has 0 unspecified atom stereocenters. The fourth-order valence-corrected chi connectivity index (χ4v) is 6.68. The number of benzene rings is 2. The number of carbonyl (C=O) groups excluding carboxylic acids is 1. The van der Waals surface area contributed by atoms with Crippen molar-refractivity contribution < 1.29 is 14.3 Å². The van der Waals surface area contributed by atoms with E-state index in [0.717, 1.165) is 38.2 Å². The minimum atomic E-state index is -0.561. The van der Waals surface area contributed by atoms with Gasteiger partial charge in [0.05, 0.1) is 0 Å². The summed E-state index contributed by atoms with van der Waals surface area (Å²) in [4.78, 5) is 19.7. The Kier molecular flexibility index (Phi) is 8.34. The third kappa shape index (κ3) is 6.52. The summed E-state index contributed by atoms with van der Waals surface area (Å²) in [5, 5.41) is 2.95. The number of nitrogens with zero attached hydrogens (tertiary/aromatic N) is 2. The van der Waals surface area contributed by atoms with Crippen LogP contribution in [0.15, 0.2) is 41.4 Å². The highest BCUT2D eigenvalue weighted by atomic mass is 32.2. The van der Waals surface area contributed by atoms with Gasteiger partial charge in [-0.25, -0.2) is 9.79 Å². The van der Waals surface area contributed by atoms with Crippen LogP contribution in [-0.4, -0.2) is 51.1 Å². The second-order valence-electron chi connectivity index (χ2n) is 10.3. The second kappa shape index (κ2) is 11.1. The van der Waals surface area contributed by atoms with Crippen LogP contribution >= 0.6 is 35.7 Å². The zero-order valence-corrected chi connectivity index (χ0v) is 23.4. The largest absolute Gasteiger partial charge is 0.480 e. The predicted molar refractivity (Wildman–Crippen MR) is 153 cm³/mol. The van der Waals surface area contributed by atoms with Crippen LogP contribution in [-0.2, 0) is 9.53 Å². The fourth-order valence-electron chi connectivity index (χ4n) is 4.76. The first kappa shape index (κ1) is 26.3. The first-order chi connectivity index (χ1) is 16.7. The molecule has 0 aromatic heterocycles. The molecule has 0 N–H and O–H groups in total. The molecule has 35 heavy (non-hydrogen) atoms. The van der Waals surface area contributed by atoms with Gasteiger partial charge in [-0.3, -0.25) is 0 Å². The Bertz CT molecular complexity index is 1120. The molecule has 4 rings (SSSR count). The van der Waals surface area contributed by atoms with Crippen molar-refractivity contribution in [3.63, 3.8) is 0 Å². The summed E-state index contributed by atoms with van der Waals surface area (Å²) < 4.78 is 12.3. The molecule has 2 aliphatic rings.